The molecule has 2 heterocycles. The summed E-state index contributed by atoms with van der Waals surface area (Å²) in [5.41, 5.74) is 4.65. The topological polar surface area (TPSA) is 96.8 Å². The zero-order valence-corrected chi connectivity index (χ0v) is 17.0. The Morgan fingerprint density at radius 3 is 2.72 bits per heavy atom. The number of ether oxygens (including phenoxy) is 1. The highest BCUT2D eigenvalue weighted by molar-refractivity contribution is 5.99. The maximum atomic E-state index is 12.3. The molecular formula is C21H25N5O3. The first kappa shape index (κ1) is 20.2. The van der Waals surface area contributed by atoms with Crippen molar-refractivity contribution in [1.82, 2.24) is 14.7 Å². The Hall–Kier alpha value is -3.55. The highest BCUT2D eigenvalue weighted by Crippen LogP contribution is 2.29. The van der Waals surface area contributed by atoms with E-state index >= 15 is 0 Å². The van der Waals surface area contributed by atoms with Gasteiger partial charge in [0.1, 0.15) is 0 Å². The molecule has 152 valence electrons. The molecule has 8 heteroatoms. The molecule has 0 aliphatic carbocycles. The fourth-order valence-corrected chi connectivity index (χ4v) is 3.10. The van der Waals surface area contributed by atoms with Gasteiger partial charge in [0.2, 0.25) is 0 Å². The zero-order chi connectivity index (χ0) is 21.0. The monoisotopic (exact) mass is 395 g/mol. The molecule has 0 spiro atoms. The molecule has 29 heavy (non-hydrogen) atoms. The van der Waals surface area contributed by atoms with Crippen molar-refractivity contribution in [2.45, 2.75) is 27.7 Å². The summed E-state index contributed by atoms with van der Waals surface area (Å²) in [6, 6.07) is 5.52. The summed E-state index contributed by atoms with van der Waals surface area (Å²) in [6.07, 6.45) is 4.78. The highest BCUT2D eigenvalue weighted by Gasteiger charge is 2.17. The highest BCUT2D eigenvalue weighted by atomic mass is 16.5. The van der Waals surface area contributed by atoms with Gasteiger partial charge in [-0.1, -0.05) is 6.07 Å². The van der Waals surface area contributed by atoms with Gasteiger partial charge in [0.05, 0.1) is 17.7 Å². The van der Waals surface area contributed by atoms with Crippen LogP contribution in [-0.4, -0.2) is 34.5 Å². The van der Waals surface area contributed by atoms with Crippen LogP contribution < -0.4 is 16.0 Å². The van der Waals surface area contributed by atoms with Gasteiger partial charge in [0, 0.05) is 36.5 Å². The van der Waals surface area contributed by atoms with Crippen LogP contribution in [0.15, 0.2) is 36.8 Å². The van der Waals surface area contributed by atoms with Crippen LogP contribution in [0.5, 0.6) is 0 Å². The number of anilines is 3. The second-order valence-corrected chi connectivity index (χ2v) is 6.56. The number of aromatic nitrogens is 2. The van der Waals surface area contributed by atoms with Crippen LogP contribution in [0.1, 0.15) is 35.3 Å². The van der Waals surface area contributed by atoms with Crippen molar-refractivity contribution >= 4 is 34.7 Å². The molecule has 1 aromatic carbocycles. The van der Waals surface area contributed by atoms with Gasteiger partial charge in [-0.2, -0.15) is 0 Å². The van der Waals surface area contributed by atoms with E-state index in [2.05, 4.69) is 20.9 Å². The van der Waals surface area contributed by atoms with E-state index in [9.17, 15) is 9.59 Å². The van der Waals surface area contributed by atoms with Gasteiger partial charge in [0.25, 0.3) is 5.91 Å². The van der Waals surface area contributed by atoms with Crippen LogP contribution in [-0.2, 0) is 4.74 Å². The van der Waals surface area contributed by atoms with Crippen LogP contribution in [0.3, 0.4) is 0 Å². The molecule has 0 atom stereocenters. The standard InChI is InChI=1S/C21H25N5O3/c1-5-22-20(27)16-12-26-10-9-23-19(18(26)14(16)4)25-17-11-15(8-7-13(17)3)24-21(28)29-6-2/h7-12H,5-6H2,1-4H3,(H,22,27)(H,23,25)(H,24,28). The van der Waals surface area contributed by atoms with Gasteiger partial charge < -0.3 is 19.8 Å². The van der Waals surface area contributed by atoms with Gasteiger partial charge in [-0.3, -0.25) is 10.1 Å². The second kappa shape index (κ2) is 8.64. The average Bonchev–Trinajstić information content (AvgIpc) is 3.03. The second-order valence-electron chi connectivity index (χ2n) is 6.56. The third-order valence-corrected chi connectivity index (χ3v) is 4.54. The number of fused-ring (bicyclic) bond motifs is 1. The molecule has 3 aromatic rings. The normalized spacial score (nSPS) is 10.6. The van der Waals surface area contributed by atoms with Crippen LogP contribution in [0, 0.1) is 13.8 Å². The molecule has 0 aliphatic rings. The van der Waals surface area contributed by atoms with Crippen molar-refractivity contribution in [3.8, 4) is 0 Å². The van der Waals surface area contributed by atoms with Crippen LogP contribution in [0.4, 0.5) is 22.0 Å². The summed E-state index contributed by atoms with van der Waals surface area (Å²) in [4.78, 5) is 28.5. The number of nitrogens with one attached hydrogen (secondary N) is 3. The maximum Gasteiger partial charge on any atom is 0.411 e. The number of nitrogens with zero attached hydrogens (tertiary/aromatic N) is 2. The lowest BCUT2D eigenvalue weighted by atomic mass is 10.1. The Morgan fingerprint density at radius 1 is 1.21 bits per heavy atom. The molecule has 0 unspecified atom stereocenters. The SMILES string of the molecule is CCNC(=O)c1cn2ccnc(Nc3cc(NC(=O)OCC)ccc3C)c2c1C. The molecule has 0 aliphatic heterocycles. The largest absolute Gasteiger partial charge is 0.450 e. The molecule has 8 nitrogen and oxygen atoms in total. The van der Waals surface area contributed by atoms with Gasteiger partial charge in [-0.15, -0.1) is 0 Å². The average molecular weight is 395 g/mol. The number of rotatable bonds is 6. The Bertz CT molecular complexity index is 1060. The van der Waals surface area contributed by atoms with E-state index in [0.29, 0.717) is 30.2 Å². The minimum atomic E-state index is -0.503. The number of aryl methyl sites for hydroxylation is 2. The lowest BCUT2D eigenvalue weighted by molar-refractivity contribution is 0.0955. The van der Waals surface area contributed by atoms with Crippen molar-refractivity contribution in [3.05, 3.63) is 53.5 Å². The molecular weight excluding hydrogens is 370 g/mol. The predicted molar refractivity (Wildman–Crippen MR) is 113 cm³/mol. The number of carbonyl (C=O) groups excluding carboxylic acids is 2. The summed E-state index contributed by atoms with van der Waals surface area (Å²) in [5.74, 6) is 0.508. The zero-order valence-electron chi connectivity index (χ0n) is 17.0. The number of hydrogen-bond donors (Lipinski definition) is 3. The number of benzene rings is 1. The summed E-state index contributed by atoms with van der Waals surface area (Å²) in [6.45, 7) is 8.37. The lowest BCUT2D eigenvalue weighted by Gasteiger charge is -2.13. The van der Waals surface area contributed by atoms with E-state index in [1.807, 2.05) is 43.5 Å². The Balaban J connectivity index is 1.96. The van der Waals surface area contributed by atoms with Gasteiger partial charge >= 0.3 is 6.09 Å². The first-order valence-electron chi connectivity index (χ1n) is 9.50. The molecule has 0 radical (unpaired) electrons. The molecule has 2 amide bonds. The van der Waals surface area contributed by atoms with Gasteiger partial charge in [-0.05, 0) is 51.0 Å². The molecule has 0 saturated carbocycles. The summed E-state index contributed by atoms with van der Waals surface area (Å²) < 4.78 is 6.81. The van der Waals surface area contributed by atoms with Crippen molar-refractivity contribution in [1.29, 1.82) is 0 Å². The van der Waals surface area contributed by atoms with E-state index in [1.54, 1.807) is 25.4 Å². The van der Waals surface area contributed by atoms with Crippen molar-refractivity contribution < 1.29 is 14.3 Å². The third-order valence-electron chi connectivity index (χ3n) is 4.54. The third kappa shape index (κ3) is 4.31. The molecule has 0 fully saturated rings. The van der Waals surface area contributed by atoms with Crippen molar-refractivity contribution in [2.24, 2.45) is 0 Å². The smallest absolute Gasteiger partial charge is 0.411 e. The summed E-state index contributed by atoms with van der Waals surface area (Å²) >= 11 is 0. The van der Waals surface area contributed by atoms with E-state index in [1.165, 1.54) is 0 Å². The first-order valence-corrected chi connectivity index (χ1v) is 9.50. The van der Waals surface area contributed by atoms with Crippen molar-refractivity contribution in [2.75, 3.05) is 23.8 Å². The van der Waals surface area contributed by atoms with E-state index in [0.717, 1.165) is 22.3 Å². The molecule has 3 rings (SSSR count). The minimum absolute atomic E-state index is 0.114. The number of hydrogen-bond acceptors (Lipinski definition) is 5. The van der Waals surface area contributed by atoms with Crippen LogP contribution in [0.25, 0.3) is 5.52 Å². The maximum absolute atomic E-state index is 12.3. The van der Waals surface area contributed by atoms with Crippen LogP contribution >= 0.6 is 0 Å². The molecule has 3 N–H and O–H groups in total. The Labute approximate surface area is 169 Å². The van der Waals surface area contributed by atoms with Gasteiger partial charge in [0.15, 0.2) is 5.82 Å². The Morgan fingerprint density at radius 2 is 2.00 bits per heavy atom. The van der Waals surface area contributed by atoms with Gasteiger partial charge in [-0.25, -0.2) is 9.78 Å². The fourth-order valence-electron chi connectivity index (χ4n) is 3.10. The fraction of sp³-hybridized carbons (Fsp3) is 0.286. The van der Waals surface area contributed by atoms with E-state index in [4.69, 9.17) is 4.74 Å². The summed E-state index contributed by atoms with van der Waals surface area (Å²) in [5, 5.41) is 8.86. The Kier molecular flexibility index (Phi) is 6.01. The number of carbonyl (C=O) groups is 2. The molecule has 0 saturated heterocycles. The van der Waals surface area contributed by atoms with E-state index < -0.39 is 6.09 Å². The summed E-state index contributed by atoms with van der Waals surface area (Å²) in [7, 11) is 0. The minimum Gasteiger partial charge on any atom is -0.450 e. The molecule has 0 bridgehead atoms. The predicted octanol–water partition coefficient (Wildman–Crippen LogP) is 4.01. The van der Waals surface area contributed by atoms with E-state index in [-0.39, 0.29) is 5.91 Å². The lowest BCUT2D eigenvalue weighted by Crippen LogP contribution is -2.22. The van der Waals surface area contributed by atoms with Crippen molar-refractivity contribution in [3.63, 3.8) is 0 Å². The molecule has 2 aromatic heterocycles. The van der Waals surface area contributed by atoms with Crippen LogP contribution in [0.2, 0.25) is 0 Å². The first-order chi connectivity index (χ1) is 13.9. The quantitative estimate of drug-likeness (QED) is 0.586. The number of amides is 2.